The molecular weight excluding hydrogens is 372 g/mol. The van der Waals surface area contributed by atoms with Crippen LogP contribution in [-0.4, -0.2) is 48.6 Å². The molecule has 0 aliphatic carbocycles. The van der Waals surface area contributed by atoms with Crippen molar-refractivity contribution in [3.8, 4) is 5.75 Å². The topological polar surface area (TPSA) is 139 Å². The zero-order valence-corrected chi connectivity index (χ0v) is 16.1. The summed E-state index contributed by atoms with van der Waals surface area (Å²) in [6, 6.07) is 6.35. The molecule has 1 aromatic rings. The van der Waals surface area contributed by atoms with Gasteiger partial charge in [-0.1, -0.05) is 18.6 Å². The van der Waals surface area contributed by atoms with Gasteiger partial charge in [0.25, 0.3) is 10.1 Å². The third kappa shape index (κ3) is 6.17. The van der Waals surface area contributed by atoms with Gasteiger partial charge in [0, 0.05) is 6.42 Å². The highest BCUT2D eigenvalue weighted by molar-refractivity contribution is 7.88. The van der Waals surface area contributed by atoms with Crippen LogP contribution in [0.15, 0.2) is 24.3 Å². The zero-order chi connectivity index (χ0) is 19.9. The number of hydrogen-bond acceptors (Lipinski definition) is 6. The summed E-state index contributed by atoms with van der Waals surface area (Å²) >= 11 is 0. The van der Waals surface area contributed by atoms with E-state index in [0.29, 0.717) is 17.9 Å². The van der Waals surface area contributed by atoms with E-state index >= 15 is 0 Å². The molecule has 1 atom stereocenters. The number of nitrogens with one attached hydrogen (secondary N) is 1. The summed E-state index contributed by atoms with van der Waals surface area (Å²) in [7, 11) is -4.96. The second kappa shape index (κ2) is 9.50. The second-order valence-electron chi connectivity index (χ2n) is 7.03. The maximum absolute atomic E-state index is 11.3. The van der Waals surface area contributed by atoms with Crippen LogP contribution >= 0.6 is 0 Å². The lowest BCUT2D eigenvalue weighted by atomic mass is 9.93. The monoisotopic (exact) mass is 400 g/mol. The van der Waals surface area contributed by atoms with E-state index < -0.39 is 27.4 Å². The quantitative estimate of drug-likeness (QED) is 0.341. The summed E-state index contributed by atoms with van der Waals surface area (Å²) in [5.74, 6) is -0.386. The van der Waals surface area contributed by atoms with Gasteiger partial charge < -0.3 is 20.9 Å². The summed E-state index contributed by atoms with van der Waals surface area (Å²) in [5.41, 5.74) is 5.76. The molecule has 1 heterocycles. The Hall–Kier alpha value is -1.68. The maximum atomic E-state index is 11.3. The zero-order valence-electron chi connectivity index (χ0n) is 15.3. The van der Waals surface area contributed by atoms with Gasteiger partial charge in [0.1, 0.15) is 5.75 Å². The first kappa shape index (κ1) is 21.6. The molecule has 0 amide bonds. The number of benzene rings is 1. The van der Waals surface area contributed by atoms with Crippen LogP contribution < -0.4 is 15.8 Å². The molecule has 8 nitrogen and oxygen atoms in total. The Labute approximate surface area is 159 Å². The molecule has 0 spiro atoms. The number of carboxylic acids is 1. The Kier molecular flexibility index (Phi) is 7.60. The van der Waals surface area contributed by atoms with Crippen molar-refractivity contribution >= 4 is 16.1 Å². The molecule has 2 rings (SSSR count). The van der Waals surface area contributed by atoms with Crippen molar-refractivity contribution in [2.24, 2.45) is 11.7 Å². The number of ether oxygens (including phenoxy) is 1. The van der Waals surface area contributed by atoms with Gasteiger partial charge in [-0.3, -0.25) is 4.55 Å². The Morgan fingerprint density at radius 2 is 1.85 bits per heavy atom. The first-order chi connectivity index (χ1) is 12.7. The number of carboxylic acid groups (broad SMARTS) is 1. The minimum Gasteiger partial charge on any atom is -0.494 e. The van der Waals surface area contributed by atoms with E-state index in [0.717, 1.165) is 31.8 Å². The van der Waals surface area contributed by atoms with Crippen molar-refractivity contribution in [2.75, 3.05) is 19.7 Å². The standard InChI is InChI=1S/C18H28N2O6S/c19-18(17(21)22,27(23,24)25)13-15-4-6-16(7-5-15)26-12-2-1-3-14-8-10-20-11-9-14/h4-7,14,20H,1-3,8-13,19H2,(H,21,22)(H,23,24,25). The van der Waals surface area contributed by atoms with Crippen molar-refractivity contribution < 1.29 is 27.6 Å². The summed E-state index contributed by atoms with van der Waals surface area (Å²) < 4.78 is 37.4. The van der Waals surface area contributed by atoms with Crippen LogP contribution in [0.1, 0.15) is 37.7 Å². The number of piperidine rings is 1. The fraction of sp³-hybridized carbons (Fsp3) is 0.611. The number of hydrogen-bond donors (Lipinski definition) is 4. The smallest absolute Gasteiger partial charge is 0.342 e. The normalized spacial score (nSPS) is 18.0. The van der Waals surface area contributed by atoms with E-state index in [1.54, 1.807) is 24.3 Å². The molecule has 27 heavy (non-hydrogen) atoms. The van der Waals surface area contributed by atoms with Crippen molar-refractivity contribution in [1.29, 1.82) is 0 Å². The molecule has 0 radical (unpaired) electrons. The Morgan fingerprint density at radius 1 is 1.22 bits per heavy atom. The van der Waals surface area contributed by atoms with Gasteiger partial charge in [-0.05, 0) is 62.4 Å². The van der Waals surface area contributed by atoms with Crippen LogP contribution in [0.4, 0.5) is 0 Å². The average molecular weight is 400 g/mol. The van der Waals surface area contributed by atoms with Gasteiger partial charge in [0.15, 0.2) is 0 Å². The number of rotatable bonds is 10. The van der Waals surface area contributed by atoms with Gasteiger partial charge in [0.05, 0.1) is 6.61 Å². The molecule has 1 aliphatic heterocycles. The minimum absolute atomic E-state index is 0.371. The molecule has 5 N–H and O–H groups in total. The van der Waals surface area contributed by atoms with Crippen molar-refractivity contribution in [1.82, 2.24) is 5.32 Å². The second-order valence-corrected chi connectivity index (χ2v) is 8.71. The molecule has 1 fully saturated rings. The van der Waals surface area contributed by atoms with Crippen molar-refractivity contribution in [3.05, 3.63) is 29.8 Å². The first-order valence-electron chi connectivity index (χ1n) is 9.14. The van der Waals surface area contributed by atoms with Gasteiger partial charge >= 0.3 is 5.97 Å². The molecule has 0 saturated carbocycles. The van der Waals surface area contributed by atoms with Crippen LogP contribution in [-0.2, 0) is 21.3 Å². The fourth-order valence-corrected chi connectivity index (χ4v) is 3.75. The summed E-state index contributed by atoms with van der Waals surface area (Å²) in [6.45, 7) is 2.80. The summed E-state index contributed by atoms with van der Waals surface area (Å²) in [4.78, 5) is 8.39. The summed E-state index contributed by atoms with van der Waals surface area (Å²) in [6.07, 6.45) is 5.23. The molecule has 0 aromatic heterocycles. The number of unbranched alkanes of at least 4 members (excludes halogenated alkanes) is 1. The molecule has 1 aliphatic rings. The van der Waals surface area contributed by atoms with Gasteiger partial charge in [-0.2, -0.15) is 8.42 Å². The molecule has 152 valence electrons. The first-order valence-corrected chi connectivity index (χ1v) is 10.6. The third-order valence-electron chi connectivity index (χ3n) is 4.95. The lowest BCUT2D eigenvalue weighted by Gasteiger charge is -2.22. The van der Waals surface area contributed by atoms with E-state index in [4.69, 9.17) is 20.1 Å². The highest BCUT2D eigenvalue weighted by Crippen LogP contribution is 2.21. The van der Waals surface area contributed by atoms with Crippen molar-refractivity contribution in [2.45, 2.75) is 43.4 Å². The van der Waals surface area contributed by atoms with E-state index in [2.05, 4.69) is 5.32 Å². The molecule has 9 heteroatoms. The van der Waals surface area contributed by atoms with Crippen LogP contribution in [0.25, 0.3) is 0 Å². The largest absolute Gasteiger partial charge is 0.494 e. The van der Waals surface area contributed by atoms with E-state index in [1.807, 2.05) is 0 Å². The number of nitrogens with two attached hydrogens (primary N) is 1. The van der Waals surface area contributed by atoms with Gasteiger partial charge in [-0.15, -0.1) is 0 Å². The molecule has 1 saturated heterocycles. The highest BCUT2D eigenvalue weighted by atomic mass is 32.2. The van der Waals surface area contributed by atoms with Gasteiger partial charge in [-0.25, -0.2) is 4.79 Å². The Bertz CT molecular complexity index is 716. The maximum Gasteiger partial charge on any atom is 0.342 e. The SMILES string of the molecule is NC(Cc1ccc(OCCCCC2CCNCC2)cc1)(C(=O)O)S(=O)(=O)O. The van der Waals surface area contributed by atoms with Crippen molar-refractivity contribution in [3.63, 3.8) is 0 Å². The minimum atomic E-state index is -4.96. The predicted molar refractivity (Wildman–Crippen MR) is 101 cm³/mol. The lowest BCUT2D eigenvalue weighted by molar-refractivity contribution is -0.140. The average Bonchev–Trinajstić information content (AvgIpc) is 2.62. The summed E-state index contributed by atoms with van der Waals surface area (Å²) in [5, 5.41) is 12.4. The van der Waals surface area contributed by atoms with Gasteiger partial charge in [0.2, 0.25) is 4.87 Å². The molecular formula is C18H28N2O6S. The number of aliphatic carboxylic acids is 1. The number of carbonyl (C=O) groups is 1. The lowest BCUT2D eigenvalue weighted by Crippen LogP contribution is -2.56. The van der Waals surface area contributed by atoms with E-state index in [1.165, 1.54) is 19.3 Å². The Morgan fingerprint density at radius 3 is 2.41 bits per heavy atom. The van der Waals surface area contributed by atoms with Crippen LogP contribution in [0, 0.1) is 5.92 Å². The van der Waals surface area contributed by atoms with Crippen LogP contribution in [0.3, 0.4) is 0 Å². The predicted octanol–water partition coefficient (Wildman–Crippen LogP) is 1.41. The van der Waals surface area contributed by atoms with Crippen LogP contribution in [0.2, 0.25) is 0 Å². The molecule has 1 aromatic carbocycles. The van der Waals surface area contributed by atoms with E-state index in [-0.39, 0.29) is 0 Å². The molecule has 0 bridgehead atoms. The van der Waals surface area contributed by atoms with E-state index in [9.17, 15) is 13.2 Å². The molecule has 1 unspecified atom stereocenters. The fourth-order valence-electron chi connectivity index (χ4n) is 3.18. The highest BCUT2D eigenvalue weighted by Gasteiger charge is 2.47. The van der Waals surface area contributed by atoms with Crippen LogP contribution in [0.5, 0.6) is 5.75 Å². The third-order valence-corrected chi connectivity index (χ3v) is 6.19. The Balaban J connectivity index is 1.78.